The van der Waals surface area contributed by atoms with Crippen LogP contribution in [0, 0.1) is 0 Å². The van der Waals surface area contributed by atoms with Gasteiger partial charge in [0.25, 0.3) is 0 Å². The van der Waals surface area contributed by atoms with E-state index < -0.39 is 8.07 Å². The van der Waals surface area contributed by atoms with Crippen molar-refractivity contribution in [3.05, 3.63) is 71.1 Å². The van der Waals surface area contributed by atoms with E-state index >= 15 is 0 Å². The van der Waals surface area contributed by atoms with Crippen LogP contribution >= 0.6 is 0 Å². The van der Waals surface area contributed by atoms with Crippen LogP contribution in [0.25, 0.3) is 6.08 Å². The van der Waals surface area contributed by atoms with E-state index in [1.807, 2.05) is 12.3 Å². The van der Waals surface area contributed by atoms with Crippen molar-refractivity contribution in [1.29, 1.82) is 0 Å². The first-order chi connectivity index (χ1) is 9.55. The van der Waals surface area contributed by atoms with Crippen molar-refractivity contribution in [3.8, 4) is 0 Å². The molecular formula is C18H21NSi. The Balaban J connectivity index is 1.98. The van der Waals surface area contributed by atoms with Gasteiger partial charge in [-0.2, -0.15) is 0 Å². The van der Waals surface area contributed by atoms with Gasteiger partial charge in [0.15, 0.2) is 0 Å². The van der Waals surface area contributed by atoms with Crippen molar-refractivity contribution < 1.29 is 0 Å². The fourth-order valence-corrected chi connectivity index (χ4v) is 5.77. The molecule has 1 nitrogen and oxygen atoms in total. The number of rotatable bonds is 3. The van der Waals surface area contributed by atoms with Crippen LogP contribution in [-0.2, 0) is 6.42 Å². The number of aromatic nitrogens is 1. The van der Waals surface area contributed by atoms with E-state index in [1.165, 1.54) is 16.8 Å². The summed E-state index contributed by atoms with van der Waals surface area (Å²) in [5.41, 5.74) is 6.28. The van der Waals surface area contributed by atoms with Crippen molar-refractivity contribution in [1.82, 2.24) is 4.98 Å². The van der Waals surface area contributed by atoms with Crippen LogP contribution in [0.15, 0.2) is 54.2 Å². The van der Waals surface area contributed by atoms with E-state index in [2.05, 4.69) is 67.1 Å². The normalized spacial score (nSPS) is 17.8. The van der Waals surface area contributed by atoms with Gasteiger partial charge in [-0.15, -0.1) is 0 Å². The number of nitrogens with zero attached hydrogens (tertiary/aromatic N) is 1. The predicted octanol–water partition coefficient (Wildman–Crippen LogP) is 4.68. The van der Waals surface area contributed by atoms with Gasteiger partial charge in [-0.1, -0.05) is 61.6 Å². The summed E-state index contributed by atoms with van der Waals surface area (Å²) in [6, 6.07) is 15.1. The van der Waals surface area contributed by atoms with Crippen LogP contribution < -0.4 is 0 Å². The maximum absolute atomic E-state index is 4.50. The number of hydrogen-bond donors (Lipinski definition) is 0. The van der Waals surface area contributed by atoms with Crippen molar-refractivity contribution in [3.63, 3.8) is 0 Å². The van der Waals surface area contributed by atoms with E-state index in [4.69, 9.17) is 0 Å². The third-order valence-corrected chi connectivity index (χ3v) is 6.41. The van der Waals surface area contributed by atoms with Crippen LogP contribution in [0.2, 0.25) is 19.6 Å². The molecule has 1 unspecified atom stereocenters. The number of allylic oxidation sites excluding steroid dienone is 1. The van der Waals surface area contributed by atoms with Crippen molar-refractivity contribution in [2.45, 2.75) is 31.6 Å². The maximum Gasteiger partial charge on any atom is 0.0569 e. The van der Waals surface area contributed by atoms with E-state index in [0.717, 1.165) is 6.42 Å². The topological polar surface area (TPSA) is 12.9 Å². The molecule has 1 aliphatic carbocycles. The molecule has 0 fully saturated rings. The second-order valence-electron chi connectivity index (χ2n) is 6.65. The van der Waals surface area contributed by atoms with Gasteiger partial charge in [0.1, 0.15) is 0 Å². The zero-order chi connectivity index (χ0) is 14.2. The van der Waals surface area contributed by atoms with E-state index in [1.54, 1.807) is 5.57 Å². The molecule has 20 heavy (non-hydrogen) atoms. The number of hydrogen-bond acceptors (Lipinski definition) is 1. The Morgan fingerprint density at radius 2 is 1.75 bits per heavy atom. The van der Waals surface area contributed by atoms with Crippen molar-refractivity contribution in [2.75, 3.05) is 0 Å². The Bertz CT molecular complexity index is 638. The lowest BCUT2D eigenvalue weighted by atomic mass is 10.1. The largest absolute Gasteiger partial charge is 0.261 e. The van der Waals surface area contributed by atoms with Crippen LogP contribution in [0.3, 0.4) is 0 Å². The summed E-state index contributed by atoms with van der Waals surface area (Å²) in [4.78, 5) is 4.50. The van der Waals surface area contributed by atoms with Gasteiger partial charge in [0.2, 0.25) is 0 Å². The van der Waals surface area contributed by atoms with Crippen LogP contribution in [0.5, 0.6) is 0 Å². The minimum Gasteiger partial charge on any atom is -0.261 e. The highest BCUT2D eigenvalue weighted by Crippen LogP contribution is 2.43. The average molecular weight is 279 g/mol. The van der Waals surface area contributed by atoms with Gasteiger partial charge in [0, 0.05) is 23.9 Å². The number of pyridine rings is 1. The third-order valence-electron chi connectivity index (χ3n) is 4.00. The molecule has 1 aromatic heterocycles. The van der Waals surface area contributed by atoms with Crippen LogP contribution in [0.1, 0.15) is 22.4 Å². The smallest absolute Gasteiger partial charge is 0.0569 e. The first kappa shape index (κ1) is 13.3. The molecule has 0 bridgehead atoms. The molecule has 0 radical (unpaired) electrons. The molecule has 0 saturated heterocycles. The number of fused-ring (bicyclic) bond motifs is 1. The zero-order valence-electron chi connectivity index (χ0n) is 12.4. The molecule has 0 N–H and O–H groups in total. The average Bonchev–Trinajstić information content (AvgIpc) is 2.77. The minimum atomic E-state index is -1.29. The Morgan fingerprint density at radius 3 is 2.45 bits per heavy atom. The maximum atomic E-state index is 4.50. The molecule has 102 valence electrons. The SMILES string of the molecule is C[Si](C)(C)C1C(Cc2ccccn2)=Cc2ccccc21. The summed E-state index contributed by atoms with van der Waals surface area (Å²) in [6.45, 7) is 7.39. The molecule has 0 spiro atoms. The van der Waals surface area contributed by atoms with Gasteiger partial charge in [0.05, 0.1) is 8.07 Å². The van der Waals surface area contributed by atoms with Crippen molar-refractivity contribution in [2.24, 2.45) is 0 Å². The third kappa shape index (κ3) is 2.48. The quantitative estimate of drug-likeness (QED) is 0.743. The minimum absolute atomic E-state index is 0.626. The summed E-state index contributed by atoms with van der Waals surface area (Å²) in [5.74, 6) is 0. The summed E-state index contributed by atoms with van der Waals surface area (Å²) < 4.78 is 0. The molecule has 2 aromatic rings. The Morgan fingerprint density at radius 1 is 1.00 bits per heavy atom. The highest BCUT2D eigenvalue weighted by atomic mass is 28.3. The Kier molecular flexibility index (Phi) is 3.34. The van der Waals surface area contributed by atoms with Gasteiger partial charge in [-0.25, -0.2) is 0 Å². The standard InChI is InChI=1S/C18H21NSi/c1-20(2,3)18-15(13-16-9-6-7-11-19-16)12-14-8-4-5-10-17(14)18/h4-12,18H,13H2,1-3H3. The van der Waals surface area contributed by atoms with Crippen LogP contribution in [-0.4, -0.2) is 13.1 Å². The number of benzene rings is 1. The van der Waals surface area contributed by atoms with Gasteiger partial charge in [-0.3, -0.25) is 4.98 Å². The van der Waals surface area contributed by atoms with E-state index in [9.17, 15) is 0 Å². The summed E-state index contributed by atoms with van der Waals surface area (Å²) in [7, 11) is -1.29. The predicted molar refractivity (Wildman–Crippen MR) is 88.4 cm³/mol. The van der Waals surface area contributed by atoms with E-state index in [-0.39, 0.29) is 0 Å². The lowest BCUT2D eigenvalue weighted by Crippen LogP contribution is -2.31. The molecule has 1 aromatic carbocycles. The summed E-state index contributed by atoms with van der Waals surface area (Å²) >= 11 is 0. The Labute approximate surface area is 122 Å². The van der Waals surface area contributed by atoms with Crippen LogP contribution in [0.4, 0.5) is 0 Å². The molecule has 0 saturated carbocycles. The molecule has 1 aliphatic rings. The van der Waals surface area contributed by atoms with Gasteiger partial charge >= 0.3 is 0 Å². The molecule has 2 heteroatoms. The van der Waals surface area contributed by atoms with Crippen molar-refractivity contribution >= 4 is 14.1 Å². The summed E-state index contributed by atoms with van der Waals surface area (Å²) in [6.07, 6.45) is 5.26. The highest BCUT2D eigenvalue weighted by Gasteiger charge is 2.35. The second-order valence-corrected chi connectivity index (χ2v) is 12.0. The molecule has 0 amide bonds. The molecule has 1 heterocycles. The zero-order valence-corrected chi connectivity index (χ0v) is 13.4. The fraction of sp³-hybridized carbons (Fsp3) is 0.278. The second kappa shape index (κ2) is 5.02. The van der Waals surface area contributed by atoms with E-state index in [0.29, 0.717) is 5.54 Å². The molecule has 1 atom stereocenters. The highest BCUT2D eigenvalue weighted by molar-refractivity contribution is 6.78. The lowest BCUT2D eigenvalue weighted by molar-refractivity contribution is 0.963. The molecular weight excluding hydrogens is 258 g/mol. The molecule has 0 aliphatic heterocycles. The summed E-state index contributed by atoms with van der Waals surface area (Å²) in [5, 5.41) is 0. The Hall–Kier alpha value is -1.67. The first-order valence-corrected chi connectivity index (χ1v) is 10.8. The first-order valence-electron chi connectivity index (χ1n) is 7.25. The molecule has 3 rings (SSSR count). The fourth-order valence-electron chi connectivity index (χ4n) is 3.28. The monoisotopic (exact) mass is 279 g/mol. The van der Waals surface area contributed by atoms with Gasteiger partial charge in [-0.05, 0) is 23.3 Å². The lowest BCUT2D eigenvalue weighted by Gasteiger charge is -2.29. The van der Waals surface area contributed by atoms with Gasteiger partial charge < -0.3 is 0 Å².